The predicted molar refractivity (Wildman–Crippen MR) is 139 cm³/mol. The van der Waals surface area contributed by atoms with Gasteiger partial charge in [-0.05, 0) is 6.42 Å². The molecule has 1 heterocycles. The molecule has 33 heavy (non-hydrogen) atoms. The van der Waals surface area contributed by atoms with Crippen molar-refractivity contribution in [3.8, 4) is 12.0 Å². The van der Waals surface area contributed by atoms with Crippen molar-refractivity contribution in [1.29, 1.82) is 0 Å². The SMILES string of the molecule is C=CCOc1nc(NCCCCCCCCCCCCCCCCCC)nc(OCC=C)n1. The zero-order valence-corrected chi connectivity index (χ0v) is 21.2. The Morgan fingerprint density at radius 3 is 1.39 bits per heavy atom. The van der Waals surface area contributed by atoms with E-state index in [1.54, 1.807) is 12.2 Å². The summed E-state index contributed by atoms with van der Waals surface area (Å²) >= 11 is 0. The second-order valence-electron chi connectivity index (χ2n) is 8.65. The molecule has 1 aromatic heterocycles. The maximum Gasteiger partial charge on any atom is 0.324 e. The first-order valence-electron chi connectivity index (χ1n) is 13.3. The van der Waals surface area contributed by atoms with Crippen LogP contribution in [0.25, 0.3) is 0 Å². The molecule has 1 aromatic rings. The van der Waals surface area contributed by atoms with Crippen molar-refractivity contribution in [3.05, 3.63) is 25.3 Å². The van der Waals surface area contributed by atoms with Crippen LogP contribution in [0.5, 0.6) is 12.0 Å². The van der Waals surface area contributed by atoms with Crippen molar-refractivity contribution in [1.82, 2.24) is 15.0 Å². The van der Waals surface area contributed by atoms with Gasteiger partial charge in [-0.25, -0.2) is 0 Å². The van der Waals surface area contributed by atoms with Crippen molar-refractivity contribution < 1.29 is 9.47 Å². The first-order chi connectivity index (χ1) is 16.3. The lowest BCUT2D eigenvalue weighted by molar-refractivity contribution is 0.299. The Kier molecular flexibility index (Phi) is 19.0. The van der Waals surface area contributed by atoms with Gasteiger partial charge in [0.15, 0.2) is 0 Å². The molecular formula is C27H48N4O2. The van der Waals surface area contributed by atoms with Crippen LogP contribution in [-0.2, 0) is 0 Å². The van der Waals surface area contributed by atoms with Gasteiger partial charge in [-0.1, -0.05) is 129 Å². The largest absolute Gasteiger partial charge is 0.459 e. The second kappa shape index (κ2) is 21.7. The summed E-state index contributed by atoms with van der Waals surface area (Å²) in [4.78, 5) is 12.7. The van der Waals surface area contributed by atoms with Crippen LogP contribution >= 0.6 is 0 Å². The van der Waals surface area contributed by atoms with Crippen molar-refractivity contribution in [2.45, 2.75) is 110 Å². The van der Waals surface area contributed by atoms with E-state index in [4.69, 9.17) is 9.47 Å². The quantitative estimate of drug-likeness (QED) is 0.126. The predicted octanol–water partition coefficient (Wildman–Crippen LogP) is 7.67. The Balaban J connectivity index is 2.01. The van der Waals surface area contributed by atoms with Crippen LogP contribution in [0.2, 0.25) is 0 Å². The summed E-state index contributed by atoms with van der Waals surface area (Å²) in [5.74, 6) is 0.476. The number of hydrogen-bond donors (Lipinski definition) is 1. The van der Waals surface area contributed by atoms with Gasteiger partial charge in [0.2, 0.25) is 5.95 Å². The van der Waals surface area contributed by atoms with E-state index in [9.17, 15) is 0 Å². The third-order valence-electron chi connectivity index (χ3n) is 5.57. The van der Waals surface area contributed by atoms with Gasteiger partial charge in [-0.2, -0.15) is 9.97 Å². The normalized spacial score (nSPS) is 10.7. The molecule has 0 amide bonds. The number of nitrogens with zero attached hydrogens (tertiary/aromatic N) is 3. The maximum absolute atomic E-state index is 5.43. The summed E-state index contributed by atoms with van der Waals surface area (Å²) in [6.45, 7) is 11.1. The minimum absolute atomic E-state index is 0.235. The van der Waals surface area contributed by atoms with Gasteiger partial charge < -0.3 is 14.8 Å². The summed E-state index contributed by atoms with van der Waals surface area (Å²) in [5, 5.41) is 3.25. The summed E-state index contributed by atoms with van der Waals surface area (Å²) < 4.78 is 10.9. The summed E-state index contributed by atoms with van der Waals surface area (Å²) in [7, 11) is 0. The number of hydrogen-bond acceptors (Lipinski definition) is 6. The van der Waals surface area contributed by atoms with Crippen molar-refractivity contribution in [3.63, 3.8) is 0 Å². The van der Waals surface area contributed by atoms with E-state index >= 15 is 0 Å². The molecule has 0 aliphatic heterocycles. The van der Waals surface area contributed by atoms with Gasteiger partial charge in [0.1, 0.15) is 13.2 Å². The van der Waals surface area contributed by atoms with Gasteiger partial charge >= 0.3 is 12.0 Å². The van der Waals surface area contributed by atoms with E-state index in [0.717, 1.165) is 13.0 Å². The number of unbranched alkanes of at least 4 members (excludes halogenated alkanes) is 15. The summed E-state index contributed by atoms with van der Waals surface area (Å²) in [6.07, 6.45) is 25.2. The highest BCUT2D eigenvalue weighted by atomic mass is 16.5. The molecule has 0 unspecified atom stereocenters. The highest BCUT2D eigenvalue weighted by molar-refractivity contribution is 5.27. The molecule has 6 heteroatoms. The van der Waals surface area contributed by atoms with Crippen molar-refractivity contribution in [2.24, 2.45) is 0 Å². The average Bonchev–Trinajstić information content (AvgIpc) is 2.83. The molecule has 188 valence electrons. The molecule has 6 nitrogen and oxygen atoms in total. The smallest absolute Gasteiger partial charge is 0.324 e. The Morgan fingerprint density at radius 2 is 1.00 bits per heavy atom. The lowest BCUT2D eigenvalue weighted by Gasteiger charge is -2.09. The van der Waals surface area contributed by atoms with Crippen LogP contribution in [0.3, 0.4) is 0 Å². The van der Waals surface area contributed by atoms with Crippen LogP contribution < -0.4 is 14.8 Å². The highest BCUT2D eigenvalue weighted by Gasteiger charge is 2.08. The number of nitrogens with one attached hydrogen (secondary N) is 1. The molecule has 1 N–H and O–H groups in total. The maximum atomic E-state index is 5.43. The standard InChI is InChI=1S/C27H48N4O2/c1-4-7-8-9-10-11-12-13-14-15-16-17-18-19-20-21-22-28-25-29-26(32-23-5-2)31-27(30-25)33-24-6-3/h5-6H,2-4,7-24H2,1H3,(H,28,29,30,31). The molecular weight excluding hydrogens is 412 g/mol. The minimum atomic E-state index is 0.235. The fourth-order valence-electron chi connectivity index (χ4n) is 3.69. The number of anilines is 1. The van der Waals surface area contributed by atoms with Crippen LogP contribution in [0.1, 0.15) is 110 Å². The van der Waals surface area contributed by atoms with E-state index in [0.29, 0.717) is 19.2 Å². The van der Waals surface area contributed by atoms with Crippen LogP contribution in [0.4, 0.5) is 5.95 Å². The fraction of sp³-hybridized carbons (Fsp3) is 0.741. The fourth-order valence-corrected chi connectivity index (χ4v) is 3.69. The van der Waals surface area contributed by atoms with Gasteiger partial charge in [0, 0.05) is 6.54 Å². The van der Waals surface area contributed by atoms with Gasteiger partial charge in [-0.15, -0.1) is 4.98 Å². The van der Waals surface area contributed by atoms with Crippen LogP contribution in [0.15, 0.2) is 25.3 Å². The first-order valence-corrected chi connectivity index (χ1v) is 13.3. The summed E-state index contributed by atoms with van der Waals surface area (Å²) in [6, 6.07) is 0.469. The first kappa shape index (κ1) is 28.9. The number of rotatable bonds is 24. The monoisotopic (exact) mass is 460 g/mol. The van der Waals surface area contributed by atoms with Gasteiger partial charge in [-0.3, -0.25) is 0 Å². The molecule has 1 rings (SSSR count). The highest BCUT2D eigenvalue weighted by Crippen LogP contribution is 2.15. The zero-order valence-electron chi connectivity index (χ0n) is 21.2. The second-order valence-corrected chi connectivity index (χ2v) is 8.65. The van der Waals surface area contributed by atoms with E-state index in [1.165, 1.54) is 96.3 Å². The van der Waals surface area contributed by atoms with E-state index in [2.05, 4.69) is 40.4 Å². The topological polar surface area (TPSA) is 69.2 Å². The van der Waals surface area contributed by atoms with Crippen molar-refractivity contribution in [2.75, 3.05) is 25.1 Å². The van der Waals surface area contributed by atoms with Crippen molar-refractivity contribution >= 4 is 5.95 Å². The molecule has 0 saturated carbocycles. The molecule has 0 aromatic carbocycles. The third-order valence-corrected chi connectivity index (χ3v) is 5.57. The van der Waals surface area contributed by atoms with Crippen LogP contribution in [-0.4, -0.2) is 34.7 Å². The zero-order chi connectivity index (χ0) is 23.8. The van der Waals surface area contributed by atoms with Gasteiger partial charge in [0.05, 0.1) is 0 Å². The molecule has 0 fully saturated rings. The number of aromatic nitrogens is 3. The number of ether oxygens (including phenoxy) is 2. The Morgan fingerprint density at radius 1 is 0.606 bits per heavy atom. The Labute approximate surface area is 202 Å². The lowest BCUT2D eigenvalue weighted by Crippen LogP contribution is -2.10. The molecule has 0 aliphatic rings. The Hall–Kier alpha value is -2.11. The lowest BCUT2D eigenvalue weighted by atomic mass is 10.0. The third kappa shape index (κ3) is 17.1. The molecule has 0 atom stereocenters. The minimum Gasteiger partial charge on any atom is -0.459 e. The van der Waals surface area contributed by atoms with Gasteiger partial charge in [0.25, 0.3) is 0 Å². The molecule has 0 radical (unpaired) electrons. The van der Waals surface area contributed by atoms with E-state index in [-0.39, 0.29) is 12.0 Å². The molecule has 0 bridgehead atoms. The van der Waals surface area contributed by atoms with E-state index < -0.39 is 0 Å². The Bertz CT molecular complexity index is 580. The molecule has 0 spiro atoms. The van der Waals surface area contributed by atoms with E-state index in [1.807, 2.05) is 0 Å². The summed E-state index contributed by atoms with van der Waals surface area (Å²) in [5.41, 5.74) is 0. The molecule has 0 saturated heterocycles. The molecule has 0 aliphatic carbocycles. The average molecular weight is 461 g/mol. The van der Waals surface area contributed by atoms with Crippen LogP contribution in [0, 0.1) is 0 Å².